The highest BCUT2D eigenvalue weighted by Crippen LogP contribution is 2.44. The molecular formula is C24H23FN2O2S. The van der Waals surface area contributed by atoms with Crippen LogP contribution < -0.4 is 4.74 Å². The van der Waals surface area contributed by atoms with Crippen molar-refractivity contribution in [3.63, 3.8) is 0 Å². The fourth-order valence-corrected chi connectivity index (χ4v) is 5.52. The molecule has 154 valence electrons. The Morgan fingerprint density at radius 1 is 1.13 bits per heavy atom. The molecular weight excluding hydrogens is 399 g/mol. The van der Waals surface area contributed by atoms with Gasteiger partial charge < -0.3 is 9.64 Å². The molecule has 0 radical (unpaired) electrons. The summed E-state index contributed by atoms with van der Waals surface area (Å²) in [4.78, 5) is 21.2. The highest BCUT2D eigenvalue weighted by atomic mass is 32.1. The topological polar surface area (TPSA) is 42.4 Å². The number of nitrogens with zero attached hydrogens (tertiary/aromatic N) is 2. The summed E-state index contributed by atoms with van der Waals surface area (Å²) in [5.74, 6) is 0.989. The number of halogens is 1. The molecule has 1 aliphatic carbocycles. The second-order valence-corrected chi connectivity index (χ2v) is 9.34. The molecule has 6 heteroatoms. The van der Waals surface area contributed by atoms with Gasteiger partial charge in [0, 0.05) is 6.04 Å². The van der Waals surface area contributed by atoms with E-state index < -0.39 is 0 Å². The van der Waals surface area contributed by atoms with Crippen molar-refractivity contribution in [3.8, 4) is 16.2 Å². The van der Waals surface area contributed by atoms with E-state index in [2.05, 4.69) is 4.98 Å². The molecule has 3 aliphatic rings. The molecule has 1 aromatic heterocycles. The first kappa shape index (κ1) is 19.2. The Morgan fingerprint density at radius 3 is 2.60 bits per heavy atom. The van der Waals surface area contributed by atoms with Gasteiger partial charge in [-0.15, -0.1) is 11.3 Å². The number of rotatable bonds is 5. The Morgan fingerprint density at radius 2 is 1.87 bits per heavy atom. The Balaban J connectivity index is 1.40. The molecule has 3 fully saturated rings. The monoisotopic (exact) mass is 422 g/mol. The zero-order valence-corrected chi connectivity index (χ0v) is 17.6. The molecule has 1 atom stereocenters. The summed E-state index contributed by atoms with van der Waals surface area (Å²) < 4.78 is 19.1. The predicted octanol–water partition coefficient (Wildman–Crippen LogP) is 5.33. The fraction of sp³-hybridized carbons (Fsp3) is 0.333. The first-order valence-electron chi connectivity index (χ1n) is 10.3. The van der Waals surface area contributed by atoms with Crippen molar-refractivity contribution in [3.05, 3.63) is 71.1 Å². The Bertz CT molecular complexity index is 1040. The van der Waals surface area contributed by atoms with E-state index in [-0.39, 0.29) is 23.8 Å². The number of carbonyl (C=O) groups excluding carboxylic acids is 1. The van der Waals surface area contributed by atoms with Crippen molar-refractivity contribution in [2.75, 3.05) is 6.61 Å². The molecule has 2 aliphatic heterocycles. The van der Waals surface area contributed by atoms with Crippen LogP contribution in [0, 0.1) is 18.7 Å². The van der Waals surface area contributed by atoms with Gasteiger partial charge in [-0.3, -0.25) is 4.79 Å². The van der Waals surface area contributed by atoms with Gasteiger partial charge >= 0.3 is 0 Å². The van der Waals surface area contributed by atoms with E-state index in [0.29, 0.717) is 24.0 Å². The van der Waals surface area contributed by atoms with Gasteiger partial charge in [-0.05, 0) is 61.9 Å². The lowest BCUT2D eigenvalue weighted by Crippen LogP contribution is -2.60. The molecule has 0 spiro atoms. The minimum absolute atomic E-state index is 0.00526. The number of thiazole rings is 1. The van der Waals surface area contributed by atoms with Crippen LogP contribution in [-0.4, -0.2) is 34.5 Å². The number of carbonyl (C=O) groups is 1. The highest BCUT2D eigenvalue weighted by molar-refractivity contribution is 7.15. The van der Waals surface area contributed by atoms with Crippen LogP contribution in [0.15, 0.2) is 54.6 Å². The number of fused-ring (bicyclic) bond motifs is 2. The maximum absolute atomic E-state index is 13.7. The summed E-state index contributed by atoms with van der Waals surface area (Å²) in [5, 5.41) is 0.889. The van der Waals surface area contributed by atoms with Crippen LogP contribution in [0.3, 0.4) is 0 Å². The minimum atomic E-state index is -0.287. The number of aryl methyl sites for hydroxylation is 1. The molecule has 1 saturated carbocycles. The third-order valence-corrected chi connectivity index (χ3v) is 7.09. The van der Waals surface area contributed by atoms with Crippen molar-refractivity contribution in [1.29, 1.82) is 0 Å². The van der Waals surface area contributed by atoms with Crippen molar-refractivity contribution in [2.24, 2.45) is 5.92 Å². The third-order valence-electron chi connectivity index (χ3n) is 6.07. The summed E-state index contributed by atoms with van der Waals surface area (Å²) in [6, 6.07) is 16.3. The van der Waals surface area contributed by atoms with Crippen LogP contribution in [0.2, 0.25) is 0 Å². The number of piperidine rings is 2. The molecule has 6 rings (SSSR count). The molecule has 30 heavy (non-hydrogen) atoms. The van der Waals surface area contributed by atoms with E-state index in [1.165, 1.54) is 12.1 Å². The average Bonchev–Trinajstić information content (AvgIpc) is 3.14. The van der Waals surface area contributed by atoms with Crippen LogP contribution in [0.5, 0.6) is 5.75 Å². The van der Waals surface area contributed by atoms with Gasteiger partial charge in [0.15, 0.2) is 0 Å². The first-order chi connectivity index (χ1) is 14.6. The van der Waals surface area contributed by atoms with Gasteiger partial charge in [0.25, 0.3) is 5.91 Å². The summed E-state index contributed by atoms with van der Waals surface area (Å²) >= 11 is 1.56. The number of hydrogen-bond acceptors (Lipinski definition) is 4. The third kappa shape index (κ3) is 3.60. The molecule has 0 N–H and O–H groups in total. The quantitative estimate of drug-likeness (QED) is 0.558. The van der Waals surface area contributed by atoms with Crippen LogP contribution in [0.1, 0.15) is 34.8 Å². The number of amides is 1. The van der Waals surface area contributed by atoms with E-state index in [1.54, 1.807) is 23.5 Å². The summed E-state index contributed by atoms with van der Waals surface area (Å²) in [6.07, 6.45) is 3.05. The van der Waals surface area contributed by atoms with Crippen LogP contribution in [0.4, 0.5) is 4.39 Å². The molecule has 2 bridgehead atoms. The minimum Gasteiger partial charge on any atom is -0.491 e. The molecule has 4 nitrogen and oxygen atoms in total. The summed E-state index contributed by atoms with van der Waals surface area (Å²) in [5.41, 5.74) is 1.56. The van der Waals surface area contributed by atoms with Crippen LogP contribution in [-0.2, 0) is 0 Å². The first-order valence-corrected chi connectivity index (χ1v) is 11.1. The normalized spacial score (nSPS) is 22.5. The Hall–Kier alpha value is -2.73. The van der Waals surface area contributed by atoms with Gasteiger partial charge in [-0.1, -0.05) is 30.3 Å². The van der Waals surface area contributed by atoms with E-state index in [0.717, 1.165) is 34.7 Å². The van der Waals surface area contributed by atoms with Crippen molar-refractivity contribution in [2.45, 2.75) is 38.3 Å². The number of benzene rings is 2. The number of hydrogen-bond donors (Lipinski definition) is 0. The lowest BCUT2D eigenvalue weighted by Gasteiger charge is -2.53. The molecule has 3 heterocycles. The SMILES string of the molecule is Cc1nc(C(=O)N2C3CC(C3)C[C@H]2COc2ccc(F)cc2)c(-c2ccccc2)s1. The zero-order chi connectivity index (χ0) is 20.7. The zero-order valence-electron chi connectivity index (χ0n) is 16.8. The van der Waals surface area contributed by atoms with E-state index in [1.807, 2.05) is 42.2 Å². The van der Waals surface area contributed by atoms with Gasteiger partial charge in [-0.2, -0.15) is 0 Å². The second kappa shape index (κ2) is 7.84. The van der Waals surface area contributed by atoms with Crippen molar-refractivity contribution in [1.82, 2.24) is 9.88 Å². The molecule has 2 aromatic carbocycles. The summed E-state index contributed by atoms with van der Waals surface area (Å²) in [6.45, 7) is 2.35. The maximum atomic E-state index is 13.7. The Labute approximate surface area is 179 Å². The smallest absolute Gasteiger partial charge is 0.274 e. The molecule has 0 unspecified atom stereocenters. The van der Waals surface area contributed by atoms with Crippen molar-refractivity contribution < 1.29 is 13.9 Å². The average molecular weight is 423 g/mol. The van der Waals surface area contributed by atoms with Crippen LogP contribution >= 0.6 is 11.3 Å². The van der Waals surface area contributed by atoms with E-state index >= 15 is 0 Å². The molecule has 3 aromatic rings. The lowest BCUT2D eigenvalue weighted by atomic mass is 9.70. The van der Waals surface area contributed by atoms with Gasteiger partial charge in [-0.25, -0.2) is 9.37 Å². The van der Waals surface area contributed by atoms with E-state index in [9.17, 15) is 9.18 Å². The summed E-state index contributed by atoms with van der Waals surface area (Å²) in [7, 11) is 0. The second-order valence-electron chi connectivity index (χ2n) is 8.13. The lowest BCUT2D eigenvalue weighted by molar-refractivity contribution is -0.0308. The number of ether oxygens (including phenoxy) is 1. The predicted molar refractivity (Wildman–Crippen MR) is 115 cm³/mol. The van der Waals surface area contributed by atoms with Gasteiger partial charge in [0.2, 0.25) is 0 Å². The van der Waals surface area contributed by atoms with Crippen molar-refractivity contribution >= 4 is 17.2 Å². The standard InChI is InChI=1S/C24H23FN2O2S/c1-15-26-22(23(30-15)17-5-3-2-4-6-17)24(28)27-19-11-16(12-19)13-20(27)14-29-21-9-7-18(25)8-10-21/h2-10,16,19-20H,11-14H2,1H3/t16?,19?,20-/m0/s1. The van der Waals surface area contributed by atoms with Gasteiger partial charge in [0.05, 0.1) is 15.9 Å². The van der Waals surface area contributed by atoms with Gasteiger partial charge in [0.1, 0.15) is 23.9 Å². The number of aromatic nitrogens is 1. The largest absolute Gasteiger partial charge is 0.491 e. The molecule has 2 saturated heterocycles. The Kier molecular flexibility index (Phi) is 5.03. The van der Waals surface area contributed by atoms with E-state index in [4.69, 9.17) is 4.74 Å². The highest BCUT2D eigenvalue weighted by Gasteiger charge is 2.47. The maximum Gasteiger partial charge on any atom is 0.274 e. The van der Waals surface area contributed by atoms with Crippen LogP contribution in [0.25, 0.3) is 10.4 Å². The molecule has 1 amide bonds. The fourth-order valence-electron chi connectivity index (χ4n) is 4.60.